The number of H-pyrrole nitrogens is 1. The average molecular weight is 479 g/mol. The van der Waals surface area contributed by atoms with Crippen LogP contribution in [0.1, 0.15) is 28.4 Å². The number of para-hydroxylation sites is 1. The molecule has 6 rings (SSSR count). The largest absolute Gasteiger partial charge is 0.416 e. The minimum absolute atomic E-state index is 0.143. The maximum Gasteiger partial charge on any atom is 0.416 e. The number of amides is 3. The van der Waals surface area contributed by atoms with E-state index >= 15 is 0 Å². The van der Waals surface area contributed by atoms with Crippen molar-refractivity contribution in [3.63, 3.8) is 0 Å². The third-order valence-corrected chi connectivity index (χ3v) is 6.67. The fraction of sp³-hybridized carbons (Fsp3) is 0.154. The number of imide groups is 1. The zero-order valence-electron chi connectivity index (χ0n) is 18.0. The van der Waals surface area contributed by atoms with Gasteiger partial charge in [-0.05, 0) is 47.5 Å². The molecular formula is C26H17F4N3O2. The molecular weight excluding hydrogens is 462 g/mol. The third kappa shape index (κ3) is 3.22. The van der Waals surface area contributed by atoms with E-state index in [1.54, 1.807) is 12.1 Å². The molecule has 0 bridgehead atoms. The van der Waals surface area contributed by atoms with Gasteiger partial charge in [-0.1, -0.05) is 36.4 Å². The first kappa shape index (κ1) is 21.4. The van der Waals surface area contributed by atoms with Gasteiger partial charge in [0.15, 0.2) is 0 Å². The van der Waals surface area contributed by atoms with Crippen LogP contribution in [-0.2, 0) is 17.4 Å². The van der Waals surface area contributed by atoms with Crippen molar-refractivity contribution in [1.29, 1.82) is 0 Å². The van der Waals surface area contributed by atoms with Crippen molar-refractivity contribution >= 4 is 28.5 Å². The second-order valence-electron chi connectivity index (χ2n) is 8.65. The first-order valence-electron chi connectivity index (χ1n) is 10.9. The predicted octanol–water partition coefficient (Wildman–Crippen LogP) is 5.81. The zero-order valence-corrected chi connectivity index (χ0v) is 18.0. The van der Waals surface area contributed by atoms with Crippen LogP contribution in [0.5, 0.6) is 0 Å². The lowest BCUT2D eigenvalue weighted by Crippen LogP contribution is -2.44. The highest BCUT2D eigenvalue weighted by atomic mass is 19.4. The molecule has 0 saturated carbocycles. The SMILES string of the molecule is O=C1[C@@H]2Cc3c([nH]c4ccccc34)[C@@H](c3ccc(F)cc3)N2C(=O)N1c1cccc(C(F)(F)F)c1. The van der Waals surface area contributed by atoms with Gasteiger partial charge in [-0.2, -0.15) is 13.2 Å². The smallest absolute Gasteiger partial charge is 0.356 e. The van der Waals surface area contributed by atoms with Crippen LogP contribution in [0.25, 0.3) is 10.9 Å². The maximum absolute atomic E-state index is 13.7. The van der Waals surface area contributed by atoms with Crippen molar-refractivity contribution in [2.75, 3.05) is 4.90 Å². The van der Waals surface area contributed by atoms with Gasteiger partial charge in [0, 0.05) is 23.0 Å². The molecule has 5 nitrogen and oxygen atoms in total. The molecule has 2 aliphatic heterocycles. The van der Waals surface area contributed by atoms with E-state index in [1.807, 2.05) is 24.3 Å². The van der Waals surface area contributed by atoms with E-state index in [4.69, 9.17) is 0 Å². The Morgan fingerprint density at radius 2 is 1.66 bits per heavy atom. The summed E-state index contributed by atoms with van der Waals surface area (Å²) >= 11 is 0. The summed E-state index contributed by atoms with van der Waals surface area (Å²) in [5.41, 5.74) is 1.86. The molecule has 1 fully saturated rings. The number of hydrogen-bond acceptors (Lipinski definition) is 2. The summed E-state index contributed by atoms with van der Waals surface area (Å²) in [4.78, 5) is 32.7. The van der Waals surface area contributed by atoms with E-state index in [2.05, 4.69) is 4.98 Å². The Labute approximate surface area is 196 Å². The summed E-state index contributed by atoms with van der Waals surface area (Å²) in [5.74, 6) is -1.05. The Morgan fingerprint density at radius 1 is 0.914 bits per heavy atom. The van der Waals surface area contributed by atoms with Gasteiger partial charge in [-0.3, -0.25) is 9.69 Å². The van der Waals surface area contributed by atoms with Gasteiger partial charge in [0.25, 0.3) is 5.91 Å². The van der Waals surface area contributed by atoms with Crippen molar-refractivity contribution in [3.05, 3.63) is 101 Å². The minimum atomic E-state index is -4.62. The van der Waals surface area contributed by atoms with Gasteiger partial charge in [0.2, 0.25) is 0 Å². The Morgan fingerprint density at radius 3 is 2.40 bits per heavy atom. The first-order valence-corrected chi connectivity index (χ1v) is 10.9. The van der Waals surface area contributed by atoms with Gasteiger partial charge in [-0.15, -0.1) is 0 Å². The summed E-state index contributed by atoms with van der Waals surface area (Å²) < 4.78 is 53.6. The average Bonchev–Trinajstić information content (AvgIpc) is 3.33. The molecule has 0 aliphatic carbocycles. The molecule has 3 aromatic carbocycles. The van der Waals surface area contributed by atoms with Crippen LogP contribution in [0.3, 0.4) is 0 Å². The molecule has 4 aromatic rings. The summed E-state index contributed by atoms with van der Waals surface area (Å²) in [6.45, 7) is 0. The van der Waals surface area contributed by atoms with Crippen LogP contribution < -0.4 is 4.90 Å². The van der Waals surface area contributed by atoms with Crippen LogP contribution in [0, 0.1) is 5.82 Å². The Kier molecular flexibility index (Phi) is 4.54. The molecule has 35 heavy (non-hydrogen) atoms. The molecule has 0 spiro atoms. The second-order valence-corrected chi connectivity index (χ2v) is 8.65. The highest BCUT2D eigenvalue weighted by molar-refractivity contribution is 6.22. The number of aromatic nitrogens is 1. The van der Waals surface area contributed by atoms with E-state index in [9.17, 15) is 27.2 Å². The number of nitrogens with one attached hydrogen (secondary N) is 1. The lowest BCUT2D eigenvalue weighted by Gasteiger charge is -2.36. The lowest BCUT2D eigenvalue weighted by atomic mass is 9.89. The molecule has 3 heterocycles. The number of aromatic amines is 1. The number of anilines is 1. The van der Waals surface area contributed by atoms with E-state index < -0.39 is 41.6 Å². The molecule has 1 saturated heterocycles. The Hall–Kier alpha value is -4.14. The molecule has 0 unspecified atom stereocenters. The van der Waals surface area contributed by atoms with Gasteiger partial charge < -0.3 is 4.98 Å². The second kappa shape index (κ2) is 7.43. The predicted molar refractivity (Wildman–Crippen MR) is 120 cm³/mol. The minimum Gasteiger partial charge on any atom is -0.356 e. The quantitative estimate of drug-likeness (QED) is 0.292. The molecule has 2 aliphatic rings. The standard InChI is InChI=1S/C26H17F4N3O2/c27-16-10-8-14(9-11-16)23-22-19(18-6-1-2-7-20(18)31-22)13-21-24(34)32(25(35)33(21)23)17-5-3-4-15(12-17)26(28,29)30/h1-12,21,23,31H,13H2/t21-,23+/m0/s1. The van der Waals surface area contributed by atoms with Gasteiger partial charge >= 0.3 is 12.2 Å². The first-order chi connectivity index (χ1) is 16.7. The third-order valence-electron chi connectivity index (χ3n) is 6.67. The number of alkyl halides is 3. The van der Waals surface area contributed by atoms with Crippen LogP contribution in [0.15, 0.2) is 72.8 Å². The van der Waals surface area contributed by atoms with Gasteiger partial charge in [0.05, 0.1) is 11.3 Å². The molecule has 176 valence electrons. The molecule has 0 radical (unpaired) electrons. The number of carbonyl (C=O) groups excluding carboxylic acids is 2. The zero-order chi connectivity index (χ0) is 24.5. The number of halogens is 4. The van der Waals surface area contributed by atoms with Crippen LogP contribution in [0.4, 0.5) is 28.0 Å². The van der Waals surface area contributed by atoms with Crippen molar-refractivity contribution < 1.29 is 27.2 Å². The highest BCUT2D eigenvalue weighted by Gasteiger charge is 2.53. The van der Waals surface area contributed by atoms with E-state index in [0.29, 0.717) is 11.3 Å². The number of rotatable bonds is 2. The monoisotopic (exact) mass is 479 g/mol. The van der Waals surface area contributed by atoms with Crippen LogP contribution in [-0.4, -0.2) is 27.9 Å². The molecule has 2 atom stereocenters. The number of carbonyl (C=O) groups is 2. The van der Waals surface area contributed by atoms with Crippen LogP contribution in [0.2, 0.25) is 0 Å². The van der Waals surface area contributed by atoms with Crippen molar-refractivity contribution in [3.8, 4) is 0 Å². The van der Waals surface area contributed by atoms with E-state index in [-0.39, 0.29) is 12.1 Å². The topological polar surface area (TPSA) is 56.4 Å². The fourth-order valence-corrected chi connectivity index (χ4v) is 5.13. The lowest BCUT2D eigenvalue weighted by molar-refractivity contribution is -0.137. The van der Waals surface area contributed by atoms with Crippen molar-refractivity contribution in [1.82, 2.24) is 9.88 Å². The fourth-order valence-electron chi connectivity index (χ4n) is 5.13. The normalized spacial score (nSPS) is 19.9. The molecule has 1 N–H and O–H groups in total. The van der Waals surface area contributed by atoms with Crippen molar-refractivity contribution in [2.24, 2.45) is 0 Å². The number of hydrogen-bond donors (Lipinski definition) is 1. The highest BCUT2D eigenvalue weighted by Crippen LogP contribution is 2.45. The summed E-state index contributed by atoms with van der Waals surface area (Å²) in [5, 5.41) is 0.895. The molecule has 1 aromatic heterocycles. The molecule has 3 amide bonds. The maximum atomic E-state index is 13.7. The number of urea groups is 1. The molecule has 9 heteroatoms. The number of nitrogens with zero attached hydrogens (tertiary/aromatic N) is 2. The summed E-state index contributed by atoms with van der Waals surface area (Å²) in [6, 6.07) is 14.9. The van der Waals surface area contributed by atoms with E-state index in [1.165, 1.54) is 29.2 Å². The van der Waals surface area contributed by atoms with Crippen LogP contribution >= 0.6 is 0 Å². The Bertz CT molecular complexity index is 1490. The van der Waals surface area contributed by atoms with Crippen molar-refractivity contribution in [2.45, 2.75) is 24.7 Å². The Balaban J connectivity index is 1.51. The van der Waals surface area contributed by atoms with Gasteiger partial charge in [0.1, 0.15) is 17.9 Å². The van der Waals surface area contributed by atoms with Gasteiger partial charge in [-0.25, -0.2) is 14.1 Å². The summed E-state index contributed by atoms with van der Waals surface area (Å²) in [7, 11) is 0. The summed E-state index contributed by atoms with van der Waals surface area (Å²) in [6.07, 6.45) is -4.42. The number of fused-ring (bicyclic) bond motifs is 4. The van der Waals surface area contributed by atoms with E-state index in [0.717, 1.165) is 33.5 Å². The number of benzene rings is 3.